The highest BCUT2D eigenvalue weighted by molar-refractivity contribution is 6.32. The second-order valence-electron chi connectivity index (χ2n) is 6.40. The molecule has 1 amide bonds. The van der Waals surface area contributed by atoms with Crippen LogP contribution < -0.4 is 10.1 Å². The number of amides is 1. The van der Waals surface area contributed by atoms with Crippen molar-refractivity contribution in [2.24, 2.45) is 0 Å². The van der Waals surface area contributed by atoms with E-state index in [2.05, 4.69) is 5.32 Å². The Labute approximate surface area is 183 Å². The number of benzene rings is 3. The summed E-state index contributed by atoms with van der Waals surface area (Å²) >= 11 is 6.27. The Morgan fingerprint density at radius 3 is 2.58 bits per heavy atom. The number of non-ortho nitro benzene ring substituents is 1. The number of nitriles is 1. The van der Waals surface area contributed by atoms with E-state index in [1.165, 1.54) is 18.2 Å². The number of carbonyl (C=O) groups excluding carboxylic acids is 1. The molecule has 0 aromatic heterocycles. The molecule has 0 heterocycles. The zero-order chi connectivity index (χ0) is 22.2. The SMILES string of the molecule is N#C/C(=C\c1ccc(OCc2cccc([N+](=O)[O-])c2)c(Cl)c1)C(=O)Nc1ccccc1. The summed E-state index contributed by atoms with van der Waals surface area (Å²) in [7, 11) is 0. The third-order valence-electron chi connectivity index (χ3n) is 4.18. The standard InChI is InChI=1S/C23H16ClN3O4/c24-21-13-16(11-18(14-25)23(28)26-19-6-2-1-3-7-19)9-10-22(21)31-15-17-5-4-8-20(12-17)27(29)30/h1-13H,15H2,(H,26,28)/b18-11+. The lowest BCUT2D eigenvalue weighted by atomic mass is 10.1. The maximum absolute atomic E-state index is 12.3. The van der Waals surface area contributed by atoms with E-state index in [1.807, 2.05) is 12.1 Å². The molecule has 0 spiro atoms. The van der Waals surface area contributed by atoms with E-state index in [4.69, 9.17) is 16.3 Å². The Bertz CT molecular complexity index is 1190. The normalized spacial score (nSPS) is 10.8. The Balaban J connectivity index is 1.70. The first-order valence-corrected chi connectivity index (χ1v) is 9.48. The molecule has 3 aromatic carbocycles. The molecular weight excluding hydrogens is 418 g/mol. The number of hydrogen-bond acceptors (Lipinski definition) is 5. The molecule has 154 valence electrons. The number of anilines is 1. The van der Waals surface area contributed by atoms with Gasteiger partial charge in [-0.15, -0.1) is 0 Å². The third-order valence-corrected chi connectivity index (χ3v) is 4.47. The van der Waals surface area contributed by atoms with Crippen LogP contribution in [0.2, 0.25) is 5.02 Å². The largest absolute Gasteiger partial charge is 0.487 e. The van der Waals surface area contributed by atoms with Crippen molar-refractivity contribution < 1.29 is 14.5 Å². The van der Waals surface area contributed by atoms with Gasteiger partial charge >= 0.3 is 0 Å². The number of ether oxygens (including phenoxy) is 1. The van der Waals surface area contributed by atoms with E-state index in [0.717, 1.165) is 0 Å². The average molecular weight is 434 g/mol. The molecule has 0 saturated carbocycles. The quantitative estimate of drug-likeness (QED) is 0.233. The minimum atomic E-state index is -0.532. The molecule has 0 aliphatic carbocycles. The molecule has 1 N–H and O–H groups in total. The van der Waals surface area contributed by atoms with E-state index < -0.39 is 10.8 Å². The summed E-state index contributed by atoms with van der Waals surface area (Å²) in [5.41, 5.74) is 1.65. The van der Waals surface area contributed by atoms with Gasteiger partial charge in [0.15, 0.2) is 0 Å². The first kappa shape index (κ1) is 21.6. The van der Waals surface area contributed by atoms with Gasteiger partial charge in [0.25, 0.3) is 11.6 Å². The van der Waals surface area contributed by atoms with Crippen LogP contribution in [0, 0.1) is 21.4 Å². The average Bonchev–Trinajstić information content (AvgIpc) is 2.77. The maximum atomic E-state index is 12.3. The Kier molecular flexibility index (Phi) is 6.99. The van der Waals surface area contributed by atoms with Crippen molar-refractivity contribution in [3.05, 3.63) is 105 Å². The summed E-state index contributed by atoms with van der Waals surface area (Å²) in [6.07, 6.45) is 1.43. The van der Waals surface area contributed by atoms with Crippen LogP contribution in [0.25, 0.3) is 6.08 Å². The zero-order valence-corrected chi connectivity index (χ0v) is 16.9. The Hall–Kier alpha value is -4.15. The number of nitro benzene ring substituents is 1. The predicted octanol–water partition coefficient (Wildman–Crippen LogP) is 5.37. The fourth-order valence-electron chi connectivity index (χ4n) is 2.68. The number of hydrogen-bond donors (Lipinski definition) is 1. The van der Waals surface area contributed by atoms with Crippen LogP contribution in [0.4, 0.5) is 11.4 Å². The van der Waals surface area contributed by atoms with E-state index in [-0.39, 0.29) is 22.9 Å². The highest BCUT2D eigenvalue weighted by Crippen LogP contribution is 2.27. The van der Waals surface area contributed by atoms with Crippen LogP contribution >= 0.6 is 11.6 Å². The van der Waals surface area contributed by atoms with Crippen LogP contribution in [0.15, 0.2) is 78.4 Å². The molecule has 31 heavy (non-hydrogen) atoms. The molecule has 0 unspecified atom stereocenters. The highest BCUT2D eigenvalue weighted by Gasteiger charge is 2.11. The third kappa shape index (κ3) is 5.92. The van der Waals surface area contributed by atoms with Gasteiger partial charge in [0, 0.05) is 17.8 Å². The number of rotatable bonds is 7. The lowest BCUT2D eigenvalue weighted by Crippen LogP contribution is -2.13. The number of nitro groups is 1. The second kappa shape index (κ2) is 10.1. The summed E-state index contributed by atoms with van der Waals surface area (Å²) < 4.78 is 5.65. The van der Waals surface area contributed by atoms with Crippen molar-refractivity contribution in [3.8, 4) is 11.8 Å². The van der Waals surface area contributed by atoms with Gasteiger partial charge in [0.2, 0.25) is 0 Å². The Morgan fingerprint density at radius 2 is 1.90 bits per heavy atom. The van der Waals surface area contributed by atoms with Gasteiger partial charge in [0.05, 0.1) is 9.95 Å². The first-order valence-electron chi connectivity index (χ1n) is 9.10. The molecule has 0 aliphatic rings. The molecule has 0 saturated heterocycles. The van der Waals surface area contributed by atoms with Crippen molar-refractivity contribution >= 4 is 35.0 Å². The molecule has 0 atom stereocenters. The monoisotopic (exact) mass is 433 g/mol. The van der Waals surface area contributed by atoms with Crippen LogP contribution in [0.5, 0.6) is 5.75 Å². The molecule has 0 bridgehead atoms. The minimum absolute atomic E-state index is 0.0227. The van der Waals surface area contributed by atoms with E-state index in [1.54, 1.807) is 54.6 Å². The summed E-state index contributed by atoms with van der Waals surface area (Å²) in [4.78, 5) is 22.7. The predicted molar refractivity (Wildman–Crippen MR) is 118 cm³/mol. The summed E-state index contributed by atoms with van der Waals surface area (Å²) in [6, 6.07) is 21.6. The maximum Gasteiger partial charge on any atom is 0.269 e. The van der Waals surface area contributed by atoms with Gasteiger partial charge in [-0.25, -0.2) is 0 Å². The number of carbonyl (C=O) groups is 1. The lowest BCUT2D eigenvalue weighted by Gasteiger charge is -2.09. The number of para-hydroxylation sites is 1. The molecule has 7 nitrogen and oxygen atoms in total. The van der Waals surface area contributed by atoms with Crippen molar-refractivity contribution in [2.45, 2.75) is 6.61 Å². The summed E-state index contributed by atoms with van der Waals surface area (Å²) in [5.74, 6) is -0.159. The van der Waals surface area contributed by atoms with Crippen molar-refractivity contribution in [3.63, 3.8) is 0 Å². The topological polar surface area (TPSA) is 105 Å². The molecule has 3 rings (SSSR count). The number of halogens is 1. The van der Waals surface area contributed by atoms with Crippen molar-refractivity contribution in [1.29, 1.82) is 5.26 Å². The molecule has 0 fully saturated rings. The van der Waals surface area contributed by atoms with E-state index in [0.29, 0.717) is 22.6 Å². The van der Waals surface area contributed by atoms with E-state index in [9.17, 15) is 20.2 Å². The molecule has 0 radical (unpaired) electrons. The highest BCUT2D eigenvalue weighted by atomic mass is 35.5. The summed E-state index contributed by atoms with van der Waals surface area (Å²) in [5, 5.41) is 23.1. The van der Waals surface area contributed by atoms with Crippen molar-refractivity contribution in [2.75, 3.05) is 5.32 Å². The van der Waals surface area contributed by atoms with Crippen molar-refractivity contribution in [1.82, 2.24) is 0 Å². The molecule has 0 aliphatic heterocycles. The van der Waals surface area contributed by atoms with Crippen LogP contribution in [-0.2, 0) is 11.4 Å². The van der Waals surface area contributed by atoms with Gasteiger partial charge in [-0.3, -0.25) is 14.9 Å². The van der Waals surface area contributed by atoms with Crippen LogP contribution in [0.1, 0.15) is 11.1 Å². The first-order chi connectivity index (χ1) is 15.0. The summed E-state index contributed by atoms with van der Waals surface area (Å²) in [6.45, 7) is 0.0967. The van der Waals surface area contributed by atoms with Gasteiger partial charge in [-0.1, -0.05) is 48.0 Å². The van der Waals surface area contributed by atoms with Crippen LogP contribution in [0.3, 0.4) is 0 Å². The fourth-order valence-corrected chi connectivity index (χ4v) is 2.92. The number of nitrogens with one attached hydrogen (secondary N) is 1. The van der Waals surface area contributed by atoms with Gasteiger partial charge < -0.3 is 10.1 Å². The zero-order valence-electron chi connectivity index (χ0n) is 16.1. The number of nitrogens with zero attached hydrogens (tertiary/aromatic N) is 2. The minimum Gasteiger partial charge on any atom is -0.487 e. The molecule has 3 aromatic rings. The molecular formula is C23H16ClN3O4. The lowest BCUT2D eigenvalue weighted by molar-refractivity contribution is -0.384. The van der Waals surface area contributed by atoms with E-state index >= 15 is 0 Å². The smallest absolute Gasteiger partial charge is 0.269 e. The van der Waals surface area contributed by atoms with Gasteiger partial charge in [-0.05, 0) is 41.5 Å². The second-order valence-corrected chi connectivity index (χ2v) is 6.80. The Morgan fingerprint density at radius 1 is 1.13 bits per heavy atom. The molecule has 8 heteroatoms. The fraction of sp³-hybridized carbons (Fsp3) is 0.0435. The van der Waals surface area contributed by atoms with Gasteiger partial charge in [0.1, 0.15) is 24.0 Å². The van der Waals surface area contributed by atoms with Crippen LogP contribution in [-0.4, -0.2) is 10.8 Å². The van der Waals surface area contributed by atoms with Gasteiger partial charge in [-0.2, -0.15) is 5.26 Å².